The summed E-state index contributed by atoms with van der Waals surface area (Å²) in [6, 6.07) is 5.87. The number of nitrogens with one attached hydrogen (secondary N) is 1. The molecule has 2 heterocycles. The number of benzene rings is 1. The fraction of sp³-hybridized carbons (Fsp3) is 0.357. The Hall–Kier alpha value is -2.59. The van der Waals surface area contributed by atoms with Gasteiger partial charge in [0.2, 0.25) is 5.13 Å². The maximum Gasteiger partial charge on any atom is 0.310 e. The highest BCUT2D eigenvalue weighted by molar-refractivity contribution is 7.15. The van der Waals surface area contributed by atoms with E-state index in [0.29, 0.717) is 11.7 Å². The van der Waals surface area contributed by atoms with E-state index in [9.17, 15) is 14.9 Å². The molecule has 0 unspecified atom stereocenters. The Kier molecular flexibility index (Phi) is 4.96. The summed E-state index contributed by atoms with van der Waals surface area (Å²) >= 11 is 1.25. The molecular formula is C14H14N4O5S. The topological polar surface area (TPSA) is 116 Å². The fourth-order valence-electron chi connectivity index (χ4n) is 2.22. The molecule has 1 N–H and O–H groups in total. The average Bonchev–Trinajstić information content (AvgIpc) is 3.24. The minimum Gasteiger partial charge on any atom is -0.477 e. The molecule has 9 nitrogen and oxygen atoms in total. The van der Waals surface area contributed by atoms with Crippen LogP contribution in [0.4, 0.5) is 10.8 Å². The molecule has 24 heavy (non-hydrogen) atoms. The van der Waals surface area contributed by atoms with Crippen molar-refractivity contribution in [3.63, 3.8) is 0 Å². The minimum atomic E-state index is -0.564. The highest BCUT2D eigenvalue weighted by Crippen LogP contribution is 2.32. The maximum absolute atomic E-state index is 11.9. The highest BCUT2D eigenvalue weighted by atomic mass is 32.1. The van der Waals surface area contributed by atoms with Crippen molar-refractivity contribution in [1.29, 1.82) is 0 Å². The number of hydrogen-bond acceptors (Lipinski definition) is 8. The van der Waals surface area contributed by atoms with Gasteiger partial charge in [0.05, 0.1) is 4.92 Å². The van der Waals surface area contributed by atoms with Gasteiger partial charge in [0, 0.05) is 12.7 Å². The minimum absolute atomic E-state index is 0.0370. The molecule has 1 saturated heterocycles. The molecule has 1 amide bonds. The zero-order valence-electron chi connectivity index (χ0n) is 12.5. The Bertz CT molecular complexity index is 744. The molecule has 10 heteroatoms. The maximum atomic E-state index is 11.9. The van der Waals surface area contributed by atoms with E-state index in [1.165, 1.54) is 29.5 Å². The normalized spacial score (nSPS) is 16.8. The van der Waals surface area contributed by atoms with Crippen LogP contribution in [0.25, 0.3) is 0 Å². The van der Waals surface area contributed by atoms with Crippen LogP contribution in [0.3, 0.4) is 0 Å². The van der Waals surface area contributed by atoms with E-state index in [1.54, 1.807) is 6.07 Å². The van der Waals surface area contributed by atoms with Gasteiger partial charge in [-0.05, 0) is 18.9 Å². The third-order valence-corrected chi connectivity index (χ3v) is 4.24. The van der Waals surface area contributed by atoms with Crippen molar-refractivity contribution < 1.29 is 19.2 Å². The number of rotatable bonds is 6. The zero-order valence-corrected chi connectivity index (χ0v) is 13.3. The Morgan fingerprint density at radius 2 is 2.29 bits per heavy atom. The van der Waals surface area contributed by atoms with Gasteiger partial charge in [0.25, 0.3) is 5.91 Å². The zero-order chi connectivity index (χ0) is 16.9. The molecule has 1 aromatic heterocycles. The standard InChI is InChI=1S/C14H14N4O5S/c19-12(8-23-10-5-2-1-4-9(10)18(20)21)15-14-17-16-13(24-14)11-6-3-7-22-11/h1-2,4-5,11H,3,6-8H2,(H,15,17,19)/t11-/m1/s1. The molecule has 3 rings (SSSR count). The van der Waals surface area contributed by atoms with Crippen LogP contribution in [0.2, 0.25) is 0 Å². The lowest BCUT2D eigenvalue weighted by atomic mass is 10.2. The molecular weight excluding hydrogens is 336 g/mol. The first-order valence-corrected chi connectivity index (χ1v) is 8.06. The van der Waals surface area contributed by atoms with Crippen LogP contribution in [0.15, 0.2) is 24.3 Å². The predicted octanol–water partition coefficient (Wildman–Crippen LogP) is 2.32. The Morgan fingerprint density at radius 1 is 1.46 bits per heavy atom. The third-order valence-electron chi connectivity index (χ3n) is 3.31. The predicted molar refractivity (Wildman–Crippen MR) is 85.1 cm³/mol. The number of hydrogen-bond donors (Lipinski definition) is 1. The van der Waals surface area contributed by atoms with Crippen molar-refractivity contribution in [3.8, 4) is 5.75 Å². The molecule has 1 fully saturated rings. The summed E-state index contributed by atoms with van der Waals surface area (Å²) in [7, 11) is 0. The summed E-state index contributed by atoms with van der Waals surface area (Å²) in [5.41, 5.74) is -0.193. The van der Waals surface area contributed by atoms with Crippen LogP contribution in [0.1, 0.15) is 24.0 Å². The number of ether oxygens (including phenoxy) is 2. The number of carbonyl (C=O) groups excluding carboxylic acids is 1. The second kappa shape index (κ2) is 7.32. The first-order valence-electron chi connectivity index (χ1n) is 7.24. The van der Waals surface area contributed by atoms with Gasteiger partial charge in [-0.3, -0.25) is 20.2 Å². The van der Waals surface area contributed by atoms with Gasteiger partial charge < -0.3 is 9.47 Å². The van der Waals surface area contributed by atoms with Gasteiger partial charge in [-0.25, -0.2) is 0 Å². The summed E-state index contributed by atoms with van der Waals surface area (Å²) in [5, 5.41) is 22.4. The van der Waals surface area contributed by atoms with Gasteiger partial charge in [0.15, 0.2) is 12.4 Å². The van der Waals surface area contributed by atoms with Crippen molar-refractivity contribution in [1.82, 2.24) is 10.2 Å². The molecule has 0 spiro atoms. The van der Waals surface area contributed by atoms with E-state index in [1.807, 2.05) is 0 Å². The van der Waals surface area contributed by atoms with Gasteiger partial charge in [-0.15, -0.1) is 10.2 Å². The summed E-state index contributed by atoms with van der Waals surface area (Å²) < 4.78 is 10.7. The van der Waals surface area contributed by atoms with Crippen molar-refractivity contribution in [2.45, 2.75) is 18.9 Å². The third kappa shape index (κ3) is 3.84. The van der Waals surface area contributed by atoms with Crippen LogP contribution in [-0.2, 0) is 9.53 Å². The van der Waals surface area contributed by atoms with Gasteiger partial charge >= 0.3 is 5.69 Å². The van der Waals surface area contributed by atoms with Crippen molar-refractivity contribution >= 4 is 28.1 Å². The Labute approximate surface area is 140 Å². The molecule has 1 aliphatic rings. The van der Waals surface area contributed by atoms with Gasteiger partial charge in [-0.1, -0.05) is 23.5 Å². The second-order valence-corrected chi connectivity index (χ2v) is 6.02. The number of aromatic nitrogens is 2. The number of para-hydroxylation sites is 2. The molecule has 126 valence electrons. The van der Waals surface area contributed by atoms with Crippen molar-refractivity contribution in [2.75, 3.05) is 18.5 Å². The van der Waals surface area contributed by atoms with Crippen LogP contribution < -0.4 is 10.1 Å². The molecule has 1 aliphatic heterocycles. The first kappa shape index (κ1) is 16.3. The number of nitrogens with zero attached hydrogens (tertiary/aromatic N) is 3. The van der Waals surface area contributed by atoms with E-state index in [2.05, 4.69) is 15.5 Å². The Balaban J connectivity index is 1.55. The molecule has 0 aliphatic carbocycles. The first-order chi connectivity index (χ1) is 11.6. The number of nitro benzene ring substituents is 1. The smallest absolute Gasteiger partial charge is 0.310 e. The van der Waals surface area contributed by atoms with Gasteiger partial charge in [0.1, 0.15) is 11.1 Å². The SMILES string of the molecule is O=C(COc1ccccc1[N+](=O)[O-])Nc1nnc([C@H]2CCCO2)s1. The lowest BCUT2D eigenvalue weighted by Gasteiger charge is -2.06. The van der Waals surface area contributed by atoms with E-state index < -0.39 is 10.8 Å². The van der Waals surface area contributed by atoms with Crippen molar-refractivity contribution in [2.24, 2.45) is 0 Å². The fourth-order valence-corrected chi connectivity index (χ4v) is 3.06. The molecule has 1 aromatic carbocycles. The van der Waals surface area contributed by atoms with Crippen LogP contribution in [-0.4, -0.2) is 34.2 Å². The molecule has 0 bridgehead atoms. The van der Waals surface area contributed by atoms with Crippen LogP contribution in [0.5, 0.6) is 5.75 Å². The highest BCUT2D eigenvalue weighted by Gasteiger charge is 2.22. The number of anilines is 1. The number of amides is 1. The van der Waals surface area contributed by atoms with E-state index in [0.717, 1.165) is 17.8 Å². The molecule has 1 atom stereocenters. The number of carbonyl (C=O) groups is 1. The van der Waals surface area contributed by atoms with E-state index >= 15 is 0 Å². The summed E-state index contributed by atoms with van der Waals surface area (Å²) in [6.07, 6.45) is 1.82. The monoisotopic (exact) mass is 350 g/mol. The van der Waals surface area contributed by atoms with Gasteiger partial charge in [-0.2, -0.15) is 0 Å². The molecule has 0 radical (unpaired) electrons. The lowest BCUT2D eigenvalue weighted by molar-refractivity contribution is -0.385. The second-order valence-electron chi connectivity index (χ2n) is 5.01. The summed E-state index contributed by atoms with van der Waals surface area (Å²) in [5.74, 6) is -0.432. The summed E-state index contributed by atoms with van der Waals surface area (Å²) in [4.78, 5) is 22.2. The molecule has 0 saturated carbocycles. The lowest BCUT2D eigenvalue weighted by Crippen LogP contribution is -2.20. The van der Waals surface area contributed by atoms with E-state index in [-0.39, 0.29) is 24.1 Å². The largest absolute Gasteiger partial charge is 0.477 e. The molecule has 2 aromatic rings. The van der Waals surface area contributed by atoms with Crippen LogP contribution in [0, 0.1) is 10.1 Å². The average molecular weight is 350 g/mol. The number of nitro groups is 1. The quantitative estimate of drug-likeness (QED) is 0.627. The van der Waals surface area contributed by atoms with E-state index in [4.69, 9.17) is 9.47 Å². The Morgan fingerprint density at radius 3 is 3.04 bits per heavy atom. The summed E-state index contributed by atoms with van der Waals surface area (Å²) in [6.45, 7) is 0.343. The van der Waals surface area contributed by atoms with Crippen LogP contribution >= 0.6 is 11.3 Å². The van der Waals surface area contributed by atoms with Crippen molar-refractivity contribution in [3.05, 3.63) is 39.4 Å².